The molecule has 172 valence electrons. The summed E-state index contributed by atoms with van der Waals surface area (Å²) in [5, 5.41) is 9.23. The summed E-state index contributed by atoms with van der Waals surface area (Å²) < 4.78 is 11.0. The van der Waals surface area contributed by atoms with Gasteiger partial charge in [-0.2, -0.15) is 0 Å². The summed E-state index contributed by atoms with van der Waals surface area (Å²) in [5.74, 6) is 0.345. The lowest BCUT2D eigenvalue weighted by atomic mass is 10.1. The van der Waals surface area contributed by atoms with Gasteiger partial charge in [0.25, 0.3) is 5.91 Å². The molecule has 0 aliphatic rings. The Balaban J connectivity index is 1.27. The van der Waals surface area contributed by atoms with E-state index in [1.807, 2.05) is 79.7 Å². The van der Waals surface area contributed by atoms with E-state index in [0.717, 1.165) is 16.8 Å². The van der Waals surface area contributed by atoms with Crippen LogP contribution in [0.1, 0.15) is 34.7 Å². The first-order chi connectivity index (χ1) is 16.6. The Morgan fingerprint density at radius 1 is 1.00 bits per heavy atom. The quantitative estimate of drug-likeness (QED) is 0.395. The first kappa shape index (κ1) is 22.7. The maximum absolute atomic E-state index is 12.4. The number of pyridine rings is 1. The fourth-order valence-corrected chi connectivity index (χ4v) is 3.26. The molecule has 2 aromatic heterocycles. The summed E-state index contributed by atoms with van der Waals surface area (Å²) in [5.41, 5.74) is 2.62. The Bertz CT molecular complexity index is 1240. The van der Waals surface area contributed by atoms with E-state index in [9.17, 15) is 9.59 Å². The molecule has 1 unspecified atom stereocenters. The lowest BCUT2D eigenvalue weighted by Gasteiger charge is -2.16. The summed E-state index contributed by atoms with van der Waals surface area (Å²) in [4.78, 5) is 29.0. The first-order valence-corrected chi connectivity index (χ1v) is 10.8. The summed E-state index contributed by atoms with van der Waals surface area (Å²) in [7, 11) is 0. The molecule has 4 aromatic rings. The zero-order valence-corrected chi connectivity index (χ0v) is 18.6. The van der Waals surface area contributed by atoms with Crippen molar-refractivity contribution in [2.75, 3.05) is 6.54 Å². The predicted octanol–water partition coefficient (Wildman–Crippen LogP) is 3.92. The molecule has 4 rings (SSSR count). The molecule has 2 amide bonds. The number of hydrogen-bond acceptors (Lipinski definition) is 6. The summed E-state index contributed by atoms with van der Waals surface area (Å²) >= 11 is 0. The van der Waals surface area contributed by atoms with Crippen molar-refractivity contribution in [1.29, 1.82) is 0 Å². The van der Waals surface area contributed by atoms with Crippen molar-refractivity contribution in [3.8, 4) is 17.1 Å². The Hall–Kier alpha value is -4.46. The number of amides is 2. The molecule has 0 fully saturated rings. The second kappa shape index (κ2) is 10.9. The van der Waals surface area contributed by atoms with Crippen LogP contribution in [0.3, 0.4) is 0 Å². The van der Waals surface area contributed by atoms with Crippen LogP contribution in [0.5, 0.6) is 5.75 Å². The lowest BCUT2D eigenvalue weighted by molar-refractivity contribution is -0.120. The Morgan fingerprint density at radius 2 is 1.82 bits per heavy atom. The highest BCUT2D eigenvalue weighted by Gasteiger charge is 2.16. The van der Waals surface area contributed by atoms with E-state index in [4.69, 9.17) is 9.26 Å². The smallest absolute Gasteiger partial charge is 0.273 e. The second-order valence-electron chi connectivity index (χ2n) is 7.60. The molecule has 2 aromatic carbocycles. The molecule has 8 heteroatoms. The van der Waals surface area contributed by atoms with Gasteiger partial charge >= 0.3 is 0 Å². The zero-order valence-electron chi connectivity index (χ0n) is 18.6. The van der Waals surface area contributed by atoms with Gasteiger partial charge in [-0.25, -0.2) is 0 Å². The van der Waals surface area contributed by atoms with Crippen molar-refractivity contribution in [3.05, 3.63) is 102 Å². The van der Waals surface area contributed by atoms with Crippen molar-refractivity contribution >= 4 is 11.8 Å². The molecular weight excluding hydrogens is 432 g/mol. The van der Waals surface area contributed by atoms with Gasteiger partial charge in [0.15, 0.2) is 11.5 Å². The molecule has 0 aliphatic carbocycles. The summed E-state index contributed by atoms with van der Waals surface area (Å²) in [6.45, 7) is 2.03. The molecule has 0 aliphatic heterocycles. The molecule has 0 saturated carbocycles. The number of benzene rings is 2. The molecular formula is C26H24N4O4. The van der Waals surface area contributed by atoms with Crippen LogP contribution in [0, 0.1) is 0 Å². The third-order valence-corrected chi connectivity index (χ3v) is 5.06. The van der Waals surface area contributed by atoms with E-state index in [1.54, 1.807) is 12.3 Å². The van der Waals surface area contributed by atoms with Gasteiger partial charge in [-0.15, -0.1) is 0 Å². The van der Waals surface area contributed by atoms with Gasteiger partial charge < -0.3 is 19.9 Å². The number of nitrogens with one attached hydrogen (secondary N) is 2. The molecule has 0 radical (unpaired) electrons. The van der Waals surface area contributed by atoms with Crippen molar-refractivity contribution in [1.82, 2.24) is 20.8 Å². The highest BCUT2D eigenvalue weighted by molar-refractivity contribution is 5.95. The van der Waals surface area contributed by atoms with Gasteiger partial charge in [0.2, 0.25) is 5.91 Å². The first-order valence-electron chi connectivity index (χ1n) is 10.8. The molecule has 2 N–H and O–H groups in total. The van der Waals surface area contributed by atoms with E-state index in [2.05, 4.69) is 20.8 Å². The maximum Gasteiger partial charge on any atom is 0.273 e. The third-order valence-electron chi connectivity index (χ3n) is 5.06. The topological polar surface area (TPSA) is 106 Å². The summed E-state index contributed by atoms with van der Waals surface area (Å²) in [6, 6.07) is 23.7. The van der Waals surface area contributed by atoms with Crippen molar-refractivity contribution in [2.24, 2.45) is 0 Å². The van der Waals surface area contributed by atoms with Crippen LogP contribution in [0.2, 0.25) is 0 Å². The second-order valence-corrected chi connectivity index (χ2v) is 7.60. The largest absolute Gasteiger partial charge is 0.487 e. The number of carbonyl (C=O) groups excluding carboxylic acids is 2. The molecule has 0 bridgehead atoms. The van der Waals surface area contributed by atoms with Gasteiger partial charge in [-0.3, -0.25) is 14.6 Å². The van der Waals surface area contributed by atoms with Gasteiger partial charge in [-0.05, 0) is 36.8 Å². The van der Waals surface area contributed by atoms with Crippen LogP contribution >= 0.6 is 0 Å². The normalized spacial score (nSPS) is 11.4. The third kappa shape index (κ3) is 6.07. The van der Waals surface area contributed by atoms with Gasteiger partial charge in [0, 0.05) is 17.8 Å². The number of rotatable bonds is 9. The molecule has 2 heterocycles. The van der Waals surface area contributed by atoms with Crippen molar-refractivity contribution in [2.45, 2.75) is 19.6 Å². The van der Waals surface area contributed by atoms with Gasteiger partial charge in [-0.1, -0.05) is 53.7 Å². The van der Waals surface area contributed by atoms with Crippen LogP contribution in [-0.2, 0) is 11.4 Å². The Labute approximate surface area is 197 Å². The zero-order chi connectivity index (χ0) is 23.8. The number of ether oxygens (including phenoxy) is 1. The maximum atomic E-state index is 12.4. The van der Waals surface area contributed by atoms with Crippen LogP contribution in [0.25, 0.3) is 11.3 Å². The Kier molecular flexibility index (Phi) is 7.29. The van der Waals surface area contributed by atoms with E-state index < -0.39 is 5.91 Å². The number of carbonyl (C=O) groups is 2. The van der Waals surface area contributed by atoms with Crippen molar-refractivity contribution < 1.29 is 18.8 Å². The number of hydrogen-bond donors (Lipinski definition) is 2. The number of aromatic nitrogens is 2. The molecule has 1 atom stereocenters. The fraction of sp³-hybridized carbons (Fsp3) is 0.154. The van der Waals surface area contributed by atoms with Crippen LogP contribution in [0.4, 0.5) is 0 Å². The van der Waals surface area contributed by atoms with Gasteiger partial charge in [0.1, 0.15) is 12.4 Å². The van der Waals surface area contributed by atoms with E-state index in [0.29, 0.717) is 18.1 Å². The van der Waals surface area contributed by atoms with Crippen LogP contribution in [-0.4, -0.2) is 28.5 Å². The minimum atomic E-state index is -0.487. The van der Waals surface area contributed by atoms with Gasteiger partial charge in [0.05, 0.1) is 18.3 Å². The molecule has 0 saturated heterocycles. The highest BCUT2D eigenvalue weighted by atomic mass is 16.5. The van der Waals surface area contributed by atoms with Crippen LogP contribution < -0.4 is 15.4 Å². The lowest BCUT2D eigenvalue weighted by Crippen LogP contribution is -2.38. The predicted molar refractivity (Wildman–Crippen MR) is 126 cm³/mol. The number of nitrogens with zero attached hydrogens (tertiary/aromatic N) is 2. The minimum absolute atomic E-state index is 0.109. The molecule has 8 nitrogen and oxygen atoms in total. The molecule has 34 heavy (non-hydrogen) atoms. The van der Waals surface area contributed by atoms with E-state index >= 15 is 0 Å². The standard InChI is InChI=1S/C26H24N4O4/c1-18(20-10-7-12-22(14-20)33-17-21-11-5-6-13-27-21)29-25(31)16-28-26(32)23-15-24(34-30-23)19-8-3-2-4-9-19/h2-15,18H,16-17H2,1H3,(H,28,32)(H,29,31). The summed E-state index contributed by atoms with van der Waals surface area (Å²) in [6.07, 6.45) is 1.72. The fourth-order valence-electron chi connectivity index (χ4n) is 3.26. The van der Waals surface area contributed by atoms with Crippen LogP contribution in [0.15, 0.2) is 89.6 Å². The van der Waals surface area contributed by atoms with Crippen molar-refractivity contribution in [3.63, 3.8) is 0 Å². The average molecular weight is 457 g/mol. The average Bonchev–Trinajstić information content (AvgIpc) is 3.38. The SMILES string of the molecule is CC(NC(=O)CNC(=O)c1cc(-c2ccccc2)on1)c1cccc(OCc2ccccn2)c1. The Morgan fingerprint density at radius 3 is 2.62 bits per heavy atom. The molecule has 0 spiro atoms. The van der Waals surface area contributed by atoms with E-state index in [-0.39, 0.29) is 24.2 Å². The minimum Gasteiger partial charge on any atom is -0.487 e. The monoisotopic (exact) mass is 456 g/mol. The highest BCUT2D eigenvalue weighted by Crippen LogP contribution is 2.21. The van der Waals surface area contributed by atoms with E-state index in [1.165, 1.54) is 0 Å².